The quantitative estimate of drug-likeness (QED) is 0.737. The predicted octanol–water partition coefficient (Wildman–Crippen LogP) is 4.99. The smallest absolute Gasteiger partial charge is 0.0135 e. The van der Waals surface area contributed by atoms with Crippen molar-refractivity contribution in [2.75, 3.05) is 0 Å². The summed E-state index contributed by atoms with van der Waals surface area (Å²) in [6, 6.07) is 0. The lowest BCUT2D eigenvalue weighted by Crippen LogP contribution is -2.44. The van der Waals surface area contributed by atoms with Crippen LogP contribution in [-0.4, -0.2) is 5.54 Å². The van der Waals surface area contributed by atoms with E-state index in [2.05, 4.69) is 62.3 Å². The molecule has 0 bridgehead atoms. The molecule has 0 fully saturated rings. The van der Waals surface area contributed by atoms with Crippen molar-refractivity contribution in [2.45, 2.75) is 87.1 Å². The standard InChI is InChI=1S/C16H35N/c1-13(2,3)10-15(7,8)12-16(9,17)11-14(4,5)6/h10-12,17H2,1-9H3. The van der Waals surface area contributed by atoms with E-state index in [1.165, 1.54) is 6.42 Å². The van der Waals surface area contributed by atoms with E-state index < -0.39 is 0 Å². The third kappa shape index (κ3) is 9.64. The van der Waals surface area contributed by atoms with Gasteiger partial charge in [-0.1, -0.05) is 55.4 Å². The highest BCUT2D eigenvalue weighted by molar-refractivity contribution is 4.90. The van der Waals surface area contributed by atoms with Gasteiger partial charge in [0.25, 0.3) is 0 Å². The van der Waals surface area contributed by atoms with E-state index in [4.69, 9.17) is 5.73 Å². The Bertz CT molecular complexity index is 209. The fourth-order valence-electron chi connectivity index (χ4n) is 3.87. The van der Waals surface area contributed by atoms with E-state index in [0.717, 1.165) is 12.8 Å². The van der Waals surface area contributed by atoms with Gasteiger partial charge in [-0.15, -0.1) is 0 Å². The Morgan fingerprint density at radius 1 is 0.588 bits per heavy atom. The molecule has 0 radical (unpaired) electrons. The van der Waals surface area contributed by atoms with Crippen molar-refractivity contribution in [1.82, 2.24) is 0 Å². The molecule has 1 unspecified atom stereocenters. The maximum atomic E-state index is 6.51. The fraction of sp³-hybridized carbons (Fsp3) is 1.00. The zero-order valence-electron chi connectivity index (χ0n) is 13.7. The highest BCUT2D eigenvalue weighted by Crippen LogP contribution is 2.41. The summed E-state index contributed by atoms with van der Waals surface area (Å²) in [4.78, 5) is 0. The normalized spacial score (nSPS) is 18.0. The molecule has 0 aromatic rings. The summed E-state index contributed by atoms with van der Waals surface area (Å²) in [7, 11) is 0. The molecule has 17 heavy (non-hydrogen) atoms. The van der Waals surface area contributed by atoms with Gasteiger partial charge in [0.05, 0.1) is 0 Å². The lowest BCUT2D eigenvalue weighted by molar-refractivity contribution is 0.137. The average Bonchev–Trinajstić information content (AvgIpc) is 1.65. The lowest BCUT2D eigenvalue weighted by Gasteiger charge is -2.41. The van der Waals surface area contributed by atoms with E-state index in [-0.39, 0.29) is 5.54 Å². The lowest BCUT2D eigenvalue weighted by atomic mass is 9.67. The van der Waals surface area contributed by atoms with Gasteiger partial charge in [-0.25, -0.2) is 0 Å². The van der Waals surface area contributed by atoms with Gasteiger partial charge in [-0.05, 0) is 42.4 Å². The second-order valence-electron chi connectivity index (χ2n) is 9.47. The van der Waals surface area contributed by atoms with Gasteiger partial charge in [0, 0.05) is 5.54 Å². The molecule has 0 rings (SSSR count). The first kappa shape index (κ1) is 17.0. The zero-order valence-corrected chi connectivity index (χ0v) is 13.7. The third-order valence-corrected chi connectivity index (χ3v) is 2.83. The van der Waals surface area contributed by atoms with Crippen molar-refractivity contribution in [3.05, 3.63) is 0 Å². The molecule has 0 spiro atoms. The molecule has 0 saturated carbocycles. The fourth-order valence-corrected chi connectivity index (χ4v) is 3.87. The van der Waals surface area contributed by atoms with Crippen LogP contribution in [0.2, 0.25) is 0 Å². The van der Waals surface area contributed by atoms with Gasteiger partial charge in [-0.2, -0.15) is 0 Å². The van der Waals surface area contributed by atoms with Gasteiger partial charge in [0.15, 0.2) is 0 Å². The van der Waals surface area contributed by atoms with Crippen molar-refractivity contribution in [2.24, 2.45) is 22.0 Å². The van der Waals surface area contributed by atoms with E-state index in [0.29, 0.717) is 16.2 Å². The molecule has 104 valence electrons. The van der Waals surface area contributed by atoms with Gasteiger partial charge >= 0.3 is 0 Å². The summed E-state index contributed by atoms with van der Waals surface area (Å²) >= 11 is 0. The van der Waals surface area contributed by atoms with E-state index in [1.54, 1.807) is 0 Å². The molecule has 0 aliphatic heterocycles. The molecule has 0 aromatic carbocycles. The molecule has 2 N–H and O–H groups in total. The Morgan fingerprint density at radius 3 is 1.24 bits per heavy atom. The van der Waals surface area contributed by atoms with Crippen molar-refractivity contribution >= 4 is 0 Å². The molecule has 1 heteroatoms. The molecular formula is C16H35N. The highest BCUT2D eigenvalue weighted by atomic mass is 14.7. The van der Waals surface area contributed by atoms with Gasteiger partial charge in [0.1, 0.15) is 0 Å². The predicted molar refractivity (Wildman–Crippen MR) is 79.1 cm³/mol. The van der Waals surface area contributed by atoms with Gasteiger partial charge in [0.2, 0.25) is 0 Å². The van der Waals surface area contributed by atoms with Crippen LogP contribution in [0.15, 0.2) is 0 Å². The van der Waals surface area contributed by atoms with E-state index in [1.807, 2.05) is 0 Å². The minimum atomic E-state index is -0.0625. The summed E-state index contributed by atoms with van der Waals surface area (Å²) in [6.07, 6.45) is 3.39. The van der Waals surface area contributed by atoms with Gasteiger partial charge in [-0.3, -0.25) is 0 Å². The average molecular weight is 241 g/mol. The molecule has 0 aliphatic carbocycles. The summed E-state index contributed by atoms with van der Waals surface area (Å²) in [5.41, 5.74) is 7.44. The maximum absolute atomic E-state index is 6.51. The molecule has 1 nitrogen and oxygen atoms in total. The highest BCUT2D eigenvalue weighted by Gasteiger charge is 2.34. The maximum Gasteiger partial charge on any atom is 0.0135 e. The molecule has 0 aromatic heterocycles. The van der Waals surface area contributed by atoms with E-state index >= 15 is 0 Å². The number of nitrogens with two attached hydrogens (primary N) is 1. The summed E-state index contributed by atoms with van der Waals surface area (Å²) in [5.74, 6) is 0. The van der Waals surface area contributed by atoms with Crippen molar-refractivity contribution < 1.29 is 0 Å². The van der Waals surface area contributed by atoms with E-state index in [9.17, 15) is 0 Å². The Kier molecular flexibility index (Phi) is 4.90. The first-order valence-corrected chi connectivity index (χ1v) is 6.91. The SMILES string of the molecule is CC(C)(C)CC(C)(C)CC(C)(N)CC(C)(C)C. The van der Waals surface area contributed by atoms with Crippen molar-refractivity contribution in [1.29, 1.82) is 0 Å². The van der Waals surface area contributed by atoms with Crippen LogP contribution >= 0.6 is 0 Å². The molecule has 1 atom stereocenters. The second-order valence-corrected chi connectivity index (χ2v) is 9.47. The molecule has 0 heterocycles. The van der Waals surface area contributed by atoms with Crippen LogP contribution in [-0.2, 0) is 0 Å². The molecule has 0 saturated heterocycles. The Balaban J connectivity index is 4.59. The summed E-state index contributed by atoms with van der Waals surface area (Å²) < 4.78 is 0. The minimum Gasteiger partial charge on any atom is -0.325 e. The monoisotopic (exact) mass is 241 g/mol. The summed E-state index contributed by atoms with van der Waals surface area (Å²) in [6.45, 7) is 20.7. The molecular weight excluding hydrogens is 206 g/mol. The van der Waals surface area contributed by atoms with Crippen molar-refractivity contribution in [3.8, 4) is 0 Å². The van der Waals surface area contributed by atoms with Gasteiger partial charge < -0.3 is 5.73 Å². The number of rotatable bonds is 4. The molecule has 0 amide bonds. The van der Waals surface area contributed by atoms with Crippen LogP contribution < -0.4 is 5.73 Å². The first-order valence-electron chi connectivity index (χ1n) is 6.91. The van der Waals surface area contributed by atoms with Crippen LogP contribution in [0, 0.1) is 16.2 Å². The Hall–Kier alpha value is -0.0400. The minimum absolute atomic E-state index is 0.0625. The van der Waals surface area contributed by atoms with Crippen LogP contribution in [0.1, 0.15) is 81.6 Å². The first-order chi connectivity index (χ1) is 7.12. The topological polar surface area (TPSA) is 26.0 Å². The number of hydrogen-bond donors (Lipinski definition) is 1. The number of hydrogen-bond acceptors (Lipinski definition) is 1. The summed E-state index contributed by atoms with van der Waals surface area (Å²) in [5, 5.41) is 0. The van der Waals surface area contributed by atoms with Crippen LogP contribution in [0.3, 0.4) is 0 Å². The second kappa shape index (κ2) is 4.91. The van der Waals surface area contributed by atoms with Crippen molar-refractivity contribution in [3.63, 3.8) is 0 Å². The third-order valence-electron chi connectivity index (χ3n) is 2.83. The molecule has 0 aliphatic rings. The zero-order chi connectivity index (χ0) is 14.1. The Labute approximate surface area is 110 Å². The largest absolute Gasteiger partial charge is 0.325 e. The Morgan fingerprint density at radius 2 is 0.941 bits per heavy atom. The van der Waals surface area contributed by atoms with Crippen LogP contribution in [0.25, 0.3) is 0 Å². The van der Waals surface area contributed by atoms with Crippen LogP contribution in [0.5, 0.6) is 0 Å². The van der Waals surface area contributed by atoms with Crippen LogP contribution in [0.4, 0.5) is 0 Å².